The second-order valence-corrected chi connectivity index (χ2v) is 6.39. The molecular formula is C19H16ClN3O2. The molecule has 0 aliphatic rings. The third-order valence-electron chi connectivity index (χ3n) is 4.38. The van der Waals surface area contributed by atoms with E-state index in [1.54, 1.807) is 18.5 Å². The number of aliphatic hydroxyl groups excluding tert-OH is 1. The highest BCUT2D eigenvalue weighted by molar-refractivity contribution is 6.31. The first-order valence-electron chi connectivity index (χ1n) is 7.89. The molecule has 4 aromatic rings. The number of fused-ring (bicyclic) bond motifs is 1. The molecule has 0 aliphatic carbocycles. The molecule has 0 spiro atoms. The Bertz CT molecular complexity index is 1050. The maximum absolute atomic E-state index is 10.8. The number of nitrogens with one attached hydrogen (secondary N) is 1. The van der Waals surface area contributed by atoms with Crippen molar-refractivity contribution in [2.24, 2.45) is 0 Å². The fourth-order valence-electron chi connectivity index (χ4n) is 3.15. The summed E-state index contributed by atoms with van der Waals surface area (Å²) in [6.45, 7) is 3.77. The topological polar surface area (TPSA) is 74.9 Å². The van der Waals surface area contributed by atoms with E-state index >= 15 is 0 Å². The number of aliphatic hydroxyl groups is 1. The zero-order valence-electron chi connectivity index (χ0n) is 13.7. The molecule has 0 radical (unpaired) electrons. The largest absolute Gasteiger partial charge is 0.384 e. The highest BCUT2D eigenvalue weighted by atomic mass is 35.5. The van der Waals surface area contributed by atoms with Crippen LogP contribution >= 0.6 is 11.6 Å². The third kappa shape index (κ3) is 2.62. The van der Waals surface area contributed by atoms with E-state index < -0.39 is 6.10 Å². The van der Waals surface area contributed by atoms with Crippen LogP contribution in [-0.2, 0) is 0 Å². The van der Waals surface area contributed by atoms with E-state index in [9.17, 15) is 5.11 Å². The van der Waals surface area contributed by atoms with Crippen LogP contribution in [0, 0.1) is 13.8 Å². The molecule has 2 N–H and O–H groups in total. The number of nitrogens with zero attached hydrogens (tertiary/aromatic N) is 2. The first-order chi connectivity index (χ1) is 12.1. The van der Waals surface area contributed by atoms with Gasteiger partial charge in [-0.1, -0.05) is 35.0 Å². The van der Waals surface area contributed by atoms with Crippen LogP contribution in [0.5, 0.6) is 0 Å². The minimum Gasteiger partial charge on any atom is -0.384 e. The zero-order chi connectivity index (χ0) is 17.6. The maximum atomic E-state index is 10.8. The SMILES string of the molecule is Cc1noc(C)c1-c1cnc2[nH]cc(C(O)c3ccccc3Cl)c2c1. The van der Waals surface area contributed by atoms with Crippen LogP contribution in [0.2, 0.25) is 5.02 Å². The average Bonchev–Trinajstić information content (AvgIpc) is 3.17. The Kier molecular flexibility index (Phi) is 3.82. The molecule has 0 fully saturated rings. The Balaban J connectivity index is 1.86. The molecule has 1 atom stereocenters. The predicted molar refractivity (Wildman–Crippen MR) is 96.6 cm³/mol. The normalized spacial score (nSPS) is 12.6. The minimum absolute atomic E-state index is 0.527. The molecule has 1 unspecified atom stereocenters. The van der Waals surface area contributed by atoms with Crippen molar-refractivity contribution >= 4 is 22.6 Å². The Labute approximate surface area is 149 Å². The highest BCUT2D eigenvalue weighted by Crippen LogP contribution is 2.34. The summed E-state index contributed by atoms with van der Waals surface area (Å²) >= 11 is 6.23. The van der Waals surface area contributed by atoms with Crippen LogP contribution in [0.25, 0.3) is 22.2 Å². The van der Waals surface area contributed by atoms with E-state index in [2.05, 4.69) is 15.1 Å². The maximum Gasteiger partial charge on any atom is 0.141 e. The number of aromatic amines is 1. The number of H-pyrrole nitrogens is 1. The van der Waals surface area contributed by atoms with Gasteiger partial charge in [-0.2, -0.15) is 0 Å². The van der Waals surface area contributed by atoms with Crippen molar-refractivity contribution in [2.75, 3.05) is 0 Å². The number of pyridine rings is 1. The van der Waals surface area contributed by atoms with Gasteiger partial charge in [-0.05, 0) is 26.0 Å². The Morgan fingerprint density at radius 1 is 1.20 bits per heavy atom. The first-order valence-corrected chi connectivity index (χ1v) is 8.27. The molecule has 4 rings (SSSR count). The Hall–Kier alpha value is -2.63. The summed E-state index contributed by atoms with van der Waals surface area (Å²) in [6.07, 6.45) is 2.70. The van der Waals surface area contributed by atoms with Crippen molar-refractivity contribution in [3.05, 3.63) is 70.3 Å². The van der Waals surface area contributed by atoms with E-state index in [0.29, 0.717) is 16.2 Å². The molecule has 0 amide bonds. The number of benzene rings is 1. The summed E-state index contributed by atoms with van der Waals surface area (Å²) in [7, 11) is 0. The quantitative estimate of drug-likeness (QED) is 0.565. The lowest BCUT2D eigenvalue weighted by molar-refractivity contribution is 0.222. The average molecular weight is 354 g/mol. The van der Waals surface area contributed by atoms with Gasteiger partial charge in [-0.3, -0.25) is 0 Å². The lowest BCUT2D eigenvalue weighted by Gasteiger charge is -2.12. The molecule has 6 heteroatoms. The summed E-state index contributed by atoms with van der Waals surface area (Å²) < 4.78 is 5.25. The number of rotatable bonds is 3. The van der Waals surface area contributed by atoms with Crippen molar-refractivity contribution in [1.29, 1.82) is 0 Å². The molecule has 0 aliphatic heterocycles. The van der Waals surface area contributed by atoms with Gasteiger partial charge in [-0.15, -0.1) is 0 Å². The van der Waals surface area contributed by atoms with E-state index in [4.69, 9.17) is 16.1 Å². The van der Waals surface area contributed by atoms with Crippen molar-refractivity contribution in [3.63, 3.8) is 0 Å². The van der Waals surface area contributed by atoms with Gasteiger partial charge >= 0.3 is 0 Å². The number of halogens is 1. The summed E-state index contributed by atoms with van der Waals surface area (Å²) in [5.74, 6) is 0.738. The van der Waals surface area contributed by atoms with Gasteiger partial charge in [0.2, 0.25) is 0 Å². The number of aryl methyl sites for hydroxylation is 2. The fraction of sp³-hybridized carbons (Fsp3) is 0.158. The van der Waals surface area contributed by atoms with E-state index in [1.807, 2.05) is 38.1 Å². The van der Waals surface area contributed by atoms with Gasteiger partial charge in [0.15, 0.2) is 0 Å². The molecule has 0 saturated heterocycles. The molecule has 3 heterocycles. The Morgan fingerprint density at radius 2 is 2.00 bits per heavy atom. The van der Waals surface area contributed by atoms with Gasteiger partial charge < -0.3 is 14.6 Å². The molecule has 0 saturated carbocycles. The minimum atomic E-state index is -0.843. The standard InChI is InChI=1S/C19H16ClN3O2/c1-10-17(11(2)25-23-10)12-7-14-15(9-22-19(14)21-8-12)18(24)13-5-3-4-6-16(13)20/h3-9,18,24H,1-2H3,(H,21,22). The summed E-state index contributed by atoms with van der Waals surface area (Å²) in [5.41, 5.74) is 4.72. The fourth-order valence-corrected chi connectivity index (χ4v) is 3.39. The summed E-state index contributed by atoms with van der Waals surface area (Å²) in [6, 6.07) is 9.26. The lowest BCUT2D eigenvalue weighted by atomic mass is 9.99. The smallest absolute Gasteiger partial charge is 0.141 e. The van der Waals surface area contributed by atoms with Gasteiger partial charge in [0, 0.05) is 45.1 Å². The molecule has 1 aromatic carbocycles. The second kappa shape index (κ2) is 6.02. The van der Waals surface area contributed by atoms with Crippen LogP contribution < -0.4 is 0 Å². The first kappa shape index (κ1) is 15.9. The molecule has 3 aromatic heterocycles. The van der Waals surface area contributed by atoms with Crippen LogP contribution in [0.15, 0.2) is 47.2 Å². The summed E-state index contributed by atoms with van der Waals surface area (Å²) in [4.78, 5) is 7.58. The molecule has 126 valence electrons. The van der Waals surface area contributed by atoms with E-state index in [0.717, 1.165) is 33.5 Å². The molecule has 5 nitrogen and oxygen atoms in total. The van der Waals surface area contributed by atoms with Crippen molar-refractivity contribution < 1.29 is 9.63 Å². The van der Waals surface area contributed by atoms with E-state index in [1.165, 1.54) is 0 Å². The molecular weight excluding hydrogens is 338 g/mol. The second-order valence-electron chi connectivity index (χ2n) is 5.99. The third-order valence-corrected chi connectivity index (χ3v) is 4.72. The number of hydrogen-bond donors (Lipinski definition) is 2. The molecule has 0 bridgehead atoms. The highest BCUT2D eigenvalue weighted by Gasteiger charge is 2.19. The van der Waals surface area contributed by atoms with Gasteiger partial charge in [-0.25, -0.2) is 4.98 Å². The van der Waals surface area contributed by atoms with Crippen LogP contribution in [0.4, 0.5) is 0 Å². The van der Waals surface area contributed by atoms with Crippen molar-refractivity contribution in [1.82, 2.24) is 15.1 Å². The van der Waals surface area contributed by atoms with Crippen molar-refractivity contribution in [2.45, 2.75) is 20.0 Å². The van der Waals surface area contributed by atoms with Crippen LogP contribution in [0.1, 0.15) is 28.7 Å². The van der Waals surface area contributed by atoms with Gasteiger partial charge in [0.1, 0.15) is 17.5 Å². The lowest BCUT2D eigenvalue weighted by Crippen LogP contribution is -1.99. The van der Waals surface area contributed by atoms with Crippen molar-refractivity contribution in [3.8, 4) is 11.1 Å². The number of aromatic nitrogens is 3. The van der Waals surface area contributed by atoms with E-state index in [-0.39, 0.29) is 0 Å². The Morgan fingerprint density at radius 3 is 2.72 bits per heavy atom. The monoisotopic (exact) mass is 353 g/mol. The predicted octanol–water partition coefficient (Wildman–Crippen LogP) is 4.57. The zero-order valence-corrected chi connectivity index (χ0v) is 14.5. The van der Waals surface area contributed by atoms with Gasteiger partial charge in [0.25, 0.3) is 0 Å². The van der Waals surface area contributed by atoms with Gasteiger partial charge in [0.05, 0.1) is 5.69 Å². The summed E-state index contributed by atoms with van der Waals surface area (Å²) in [5, 5.41) is 16.2. The van der Waals surface area contributed by atoms with Crippen LogP contribution in [-0.4, -0.2) is 20.2 Å². The number of hydrogen-bond acceptors (Lipinski definition) is 4. The van der Waals surface area contributed by atoms with Crippen LogP contribution in [0.3, 0.4) is 0 Å². The molecule has 25 heavy (non-hydrogen) atoms.